The van der Waals surface area contributed by atoms with Crippen LogP contribution in [0.4, 0.5) is 8.78 Å². The second-order valence-corrected chi connectivity index (χ2v) is 2.95. The molecule has 0 atom stereocenters. The van der Waals surface area contributed by atoms with Crippen molar-refractivity contribution in [2.75, 3.05) is 0 Å². The van der Waals surface area contributed by atoms with Crippen LogP contribution in [0.25, 0.3) is 10.9 Å². The highest BCUT2D eigenvalue weighted by Gasteiger charge is 2.09. The van der Waals surface area contributed by atoms with Crippen LogP contribution in [0.2, 0.25) is 0 Å². The first-order chi connectivity index (χ1) is 7.13. The molecule has 0 bridgehead atoms. The van der Waals surface area contributed by atoms with Gasteiger partial charge in [0, 0.05) is 12.3 Å². The van der Waals surface area contributed by atoms with Gasteiger partial charge in [0.2, 0.25) is 5.43 Å². The number of aromatic amines is 1. The first kappa shape index (κ1) is 9.34. The summed E-state index contributed by atoms with van der Waals surface area (Å²) < 4.78 is 26.0. The van der Waals surface area contributed by atoms with E-state index >= 15 is 0 Å². The van der Waals surface area contributed by atoms with Gasteiger partial charge in [-0.15, -0.1) is 0 Å². The Labute approximate surface area is 82.6 Å². The zero-order valence-electron chi connectivity index (χ0n) is 7.34. The lowest BCUT2D eigenvalue weighted by molar-refractivity contribution is 0.590. The number of rotatable bonds is 0. The lowest BCUT2D eigenvalue weighted by atomic mass is 10.1. The van der Waals surface area contributed by atoms with Crippen molar-refractivity contribution in [3.8, 4) is 6.07 Å². The Morgan fingerprint density at radius 1 is 1.33 bits per heavy atom. The normalized spacial score (nSPS) is 10.2. The molecule has 5 heteroatoms. The van der Waals surface area contributed by atoms with Crippen molar-refractivity contribution >= 4 is 10.9 Å². The van der Waals surface area contributed by atoms with E-state index < -0.39 is 17.1 Å². The number of hydrogen-bond donors (Lipinski definition) is 1. The molecule has 0 aliphatic heterocycles. The lowest BCUT2D eigenvalue weighted by Gasteiger charge is -1.99. The van der Waals surface area contributed by atoms with E-state index in [-0.39, 0.29) is 16.5 Å². The Bertz CT molecular complexity index is 640. The van der Waals surface area contributed by atoms with Crippen molar-refractivity contribution in [1.29, 1.82) is 5.26 Å². The first-order valence-electron chi connectivity index (χ1n) is 4.04. The van der Waals surface area contributed by atoms with Crippen molar-refractivity contribution in [3.63, 3.8) is 0 Å². The molecular formula is C10H4F2N2O. The molecule has 0 radical (unpaired) electrons. The highest BCUT2D eigenvalue weighted by molar-refractivity contribution is 5.80. The van der Waals surface area contributed by atoms with E-state index in [4.69, 9.17) is 5.26 Å². The molecule has 0 spiro atoms. The maximum absolute atomic E-state index is 13.2. The number of aromatic nitrogens is 1. The van der Waals surface area contributed by atoms with Crippen LogP contribution in [-0.2, 0) is 0 Å². The minimum atomic E-state index is -0.855. The third-order valence-corrected chi connectivity index (χ3v) is 2.03. The van der Waals surface area contributed by atoms with Crippen molar-refractivity contribution < 1.29 is 8.78 Å². The third-order valence-electron chi connectivity index (χ3n) is 2.03. The van der Waals surface area contributed by atoms with Gasteiger partial charge in [-0.2, -0.15) is 5.26 Å². The Morgan fingerprint density at radius 2 is 2.07 bits per heavy atom. The van der Waals surface area contributed by atoms with Gasteiger partial charge in [0.1, 0.15) is 23.3 Å². The summed E-state index contributed by atoms with van der Waals surface area (Å²) in [5.41, 5.74) is -0.947. The van der Waals surface area contributed by atoms with Crippen LogP contribution in [0.15, 0.2) is 23.1 Å². The summed E-state index contributed by atoms with van der Waals surface area (Å²) in [6, 6.07) is 3.21. The maximum Gasteiger partial charge on any atom is 0.207 e. The molecule has 2 rings (SSSR count). The second-order valence-electron chi connectivity index (χ2n) is 2.95. The highest BCUT2D eigenvalue weighted by atomic mass is 19.1. The summed E-state index contributed by atoms with van der Waals surface area (Å²) in [5.74, 6) is -1.70. The summed E-state index contributed by atoms with van der Waals surface area (Å²) in [4.78, 5) is 13.9. The number of hydrogen-bond acceptors (Lipinski definition) is 2. The van der Waals surface area contributed by atoms with Gasteiger partial charge in [-0.3, -0.25) is 4.79 Å². The molecule has 74 valence electrons. The van der Waals surface area contributed by atoms with Gasteiger partial charge in [-0.05, 0) is 6.07 Å². The molecule has 15 heavy (non-hydrogen) atoms. The van der Waals surface area contributed by atoms with Crippen molar-refractivity contribution in [1.82, 2.24) is 4.98 Å². The number of nitriles is 1. The Balaban J connectivity index is 3.01. The molecule has 1 aromatic carbocycles. The minimum absolute atomic E-state index is 0.0969. The van der Waals surface area contributed by atoms with Gasteiger partial charge in [-0.25, -0.2) is 8.78 Å². The van der Waals surface area contributed by atoms with E-state index in [2.05, 4.69) is 4.98 Å². The topological polar surface area (TPSA) is 56.6 Å². The molecule has 1 aromatic heterocycles. The quantitative estimate of drug-likeness (QED) is 0.712. The van der Waals surface area contributed by atoms with Crippen molar-refractivity contribution in [2.45, 2.75) is 0 Å². The van der Waals surface area contributed by atoms with Gasteiger partial charge in [0.15, 0.2) is 0 Å². The number of pyridine rings is 1. The fraction of sp³-hybridized carbons (Fsp3) is 0. The van der Waals surface area contributed by atoms with Crippen LogP contribution in [0.5, 0.6) is 0 Å². The number of nitrogens with zero attached hydrogens (tertiary/aromatic N) is 1. The predicted molar refractivity (Wildman–Crippen MR) is 49.2 cm³/mol. The Hall–Kier alpha value is -2.22. The Morgan fingerprint density at radius 3 is 2.73 bits per heavy atom. The molecule has 0 saturated heterocycles. The van der Waals surface area contributed by atoms with E-state index in [9.17, 15) is 13.6 Å². The minimum Gasteiger partial charge on any atom is -0.357 e. The summed E-state index contributed by atoms with van der Waals surface area (Å²) in [5, 5.41) is 8.40. The largest absolute Gasteiger partial charge is 0.357 e. The number of H-pyrrole nitrogens is 1. The summed E-state index contributed by atoms with van der Waals surface area (Å²) in [7, 11) is 0. The van der Waals surface area contributed by atoms with Gasteiger partial charge in [0.25, 0.3) is 0 Å². The molecule has 0 aliphatic carbocycles. The van der Waals surface area contributed by atoms with Crippen LogP contribution in [-0.4, -0.2) is 4.98 Å². The molecule has 0 fully saturated rings. The number of benzene rings is 1. The van der Waals surface area contributed by atoms with Crippen molar-refractivity contribution in [3.05, 3.63) is 45.8 Å². The molecular weight excluding hydrogens is 202 g/mol. The van der Waals surface area contributed by atoms with Crippen LogP contribution < -0.4 is 5.43 Å². The summed E-state index contributed by atoms with van der Waals surface area (Å²) in [6.45, 7) is 0. The molecule has 3 nitrogen and oxygen atoms in total. The van der Waals surface area contributed by atoms with E-state index in [1.807, 2.05) is 0 Å². The molecule has 1 N–H and O–H groups in total. The Kier molecular flexibility index (Phi) is 1.97. The molecule has 1 heterocycles. The number of halogens is 2. The van der Waals surface area contributed by atoms with E-state index in [0.29, 0.717) is 6.07 Å². The lowest BCUT2D eigenvalue weighted by Crippen LogP contribution is -2.08. The monoisotopic (exact) mass is 206 g/mol. The molecule has 2 aromatic rings. The predicted octanol–water partition coefficient (Wildman–Crippen LogP) is 1.68. The molecule has 0 amide bonds. The third kappa shape index (κ3) is 1.36. The average molecular weight is 206 g/mol. The van der Waals surface area contributed by atoms with Crippen LogP contribution in [0.1, 0.15) is 5.56 Å². The zero-order chi connectivity index (χ0) is 11.0. The highest BCUT2D eigenvalue weighted by Crippen LogP contribution is 2.14. The van der Waals surface area contributed by atoms with Gasteiger partial charge < -0.3 is 4.98 Å². The molecule has 0 aliphatic rings. The van der Waals surface area contributed by atoms with Gasteiger partial charge in [0.05, 0.1) is 10.9 Å². The van der Waals surface area contributed by atoms with Crippen LogP contribution in [0, 0.1) is 23.0 Å². The van der Waals surface area contributed by atoms with E-state index in [0.717, 1.165) is 12.3 Å². The smallest absolute Gasteiger partial charge is 0.207 e. The van der Waals surface area contributed by atoms with E-state index in [1.54, 1.807) is 6.07 Å². The average Bonchev–Trinajstić information content (AvgIpc) is 2.19. The fourth-order valence-electron chi connectivity index (χ4n) is 1.34. The first-order valence-corrected chi connectivity index (χ1v) is 4.04. The van der Waals surface area contributed by atoms with Gasteiger partial charge >= 0.3 is 0 Å². The van der Waals surface area contributed by atoms with Crippen LogP contribution in [0.3, 0.4) is 0 Å². The molecule has 0 saturated carbocycles. The molecule has 0 unspecified atom stereocenters. The summed E-state index contributed by atoms with van der Waals surface area (Å²) >= 11 is 0. The summed E-state index contributed by atoms with van der Waals surface area (Å²) in [6.07, 6.45) is 1.10. The zero-order valence-corrected chi connectivity index (χ0v) is 7.34. The van der Waals surface area contributed by atoms with E-state index in [1.165, 1.54) is 0 Å². The SMILES string of the molecule is N#Cc1c[nH]c2c(F)cc(F)cc2c1=O. The number of nitrogens with one attached hydrogen (secondary N) is 1. The second kappa shape index (κ2) is 3.17. The number of fused-ring (bicyclic) bond motifs is 1. The fourth-order valence-corrected chi connectivity index (χ4v) is 1.34. The van der Waals surface area contributed by atoms with Gasteiger partial charge in [-0.1, -0.05) is 0 Å². The van der Waals surface area contributed by atoms with Crippen LogP contribution >= 0.6 is 0 Å². The van der Waals surface area contributed by atoms with Crippen molar-refractivity contribution in [2.24, 2.45) is 0 Å². The standard InChI is InChI=1S/C10H4F2N2O/c11-6-1-7-9(8(12)2-6)14-4-5(3-13)10(7)15/h1-2,4H,(H,14,15). The maximum atomic E-state index is 13.2.